The third-order valence-electron chi connectivity index (χ3n) is 1.29. The summed E-state index contributed by atoms with van der Waals surface area (Å²) in [5.74, 6) is 0. The van der Waals surface area contributed by atoms with Crippen molar-refractivity contribution < 1.29 is 0 Å². The molecule has 1 atom stereocenters. The second-order valence-corrected chi connectivity index (χ2v) is 3.30. The molecule has 0 radical (unpaired) electrons. The number of nitrogens with zero attached hydrogens (tertiary/aromatic N) is 1. The number of hydrogen-bond acceptors (Lipinski definition) is 1. The van der Waals surface area contributed by atoms with Crippen molar-refractivity contribution in [1.29, 1.82) is 5.26 Å². The third kappa shape index (κ3) is 1.95. The van der Waals surface area contributed by atoms with Gasteiger partial charge in [-0.25, -0.2) is 0 Å². The van der Waals surface area contributed by atoms with Gasteiger partial charge in [0, 0.05) is 4.47 Å². The van der Waals surface area contributed by atoms with Crippen LogP contribution in [0.15, 0.2) is 28.7 Å². The topological polar surface area (TPSA) is 23.8 Å². The highest BCUT2D eigenvalue weighted by Gasteiger charge is 2.08. The average Bonchev–Trinajstić information content (AvgIpc) is 2.04. The first-order valence-electron chi connectivity index (χ1n) is 3.04. The van der Waals surface area contributed by atoms with Gasteiger partial charge >= 0.3 is 0 Å². The molecule has 3 heteroatoms. The number of benzene rings is 1. The maximum absolute atomic E-state index is 8.51. The average molecular weight is 230 g/mol. The smallest absolute Gasteiger partial charge is 0.146 e. The fourth-order valence-corrected chi connectivity index (χ4v) is 1.59. The summed E-state index contributed by atoms with van der Waals surface area (Å²) in [4.78, 5) is 0. The molecule has 0 saturated carbocycles. The minimum Gasteiger partial charge on any atom is -0.196 e. The molecule has 1 aromatic rings. The van der Waals surface area contributed by atoms with Gasteiger partial charge in [-0.2, -0.15) is 5.26 Å². The number of alkyl halides is 1. The van der Waals surface area contributed by atoms with Gasteiger partial charge in [0.05, 0.1) is 6.07 Å². The largest absolute Gasteiger partial charge is 0.196 e. The monoisotopic (exact) mass is 229 g/mol. The molecule has 0 fully saturated rings. The van der Waals surface area contributed by atoms with Crippen LogP contribution in [0, 0.1) is 11.3 Å². The molecule has 0 aliphatic heterocycles. The molecule has 0 amide bonds. The summed E-state index contributed by atoms with van der Waals surface area (Å²) in [6.07, 6.45) is 0. The van der Waals surface area contributed by atoms with Crippen LogP contribution >= 0.6 is 27.5 Å². The van der Waals surface area contributed by atoms with Gasteiger partial charge in [0.1, 0.15) is 5.38 Å². The highest BCUT2D eigenvalue weighted by Crippen LogP contribution is 2.26. The SMILES string of the molecule is N#CC(Cl)c1ccccc1Br. The Labute approximate surface area is 78.7 Å². The molecule has 0 aliphatic rings. The molecule has 0 aromatic heterocycles. The second kappa shape index (κ2) is 3.75. The zero-order valence-corrected chi connectivity index (χ0v) is 7.93. The Morgan fingerprint density at radius 1 is 1.45 bits per heavy atom. The maximum atomic E-state index is 8.51. The Kier molecular flexibility index (Phi) is 2.92. The minimum atomic E-state index is -0.564. The van der Waals surface area contributed by atoms with Crippen molar-refractivity contribution in [2.45, 2.75) is 5.38 Å². The van der Waals surface area contributed by atoms with Gasteiger partial charge in [0.15, 0.2) is 0 Å². The lowest BCUT2D eigenvalue weighted by molar-refractivity contribution is 1.20. The van der Waals surface area contributed by atoms with Crippen LogP contribution in [0.4, 0.5) is 0 Å². The molecule has 56 valence electrons. The van der Waals surface area contributed by atoms with Crippen molar-refractivity contribution in [2.75, 3.05) is 0 Å². The van der Waals surface area contributed by atoms with Crippen molar-refractivity contribution in [1.82, 2.24) is 0 Å². The zero-order chi connectivity index (χ0) is 8.27. The van der Waals surface area contributed by atoms with Crippen LogP contribution in [-0.2, 0) is 0 Å². The first-order chi connectivity index (χ1) is 5.25. The standard InChI is InChI=1S/C8H5BrClN/c9-7-4-2-1-3-6(7)8(10)5-11/h1-4,8H. The molecule has 11 heavy (non-hydrogen) atoms. The normalized spacial score (nSPS) is 12.1. The molecule has 1 nitrogen and oxygen atoms in total. The lowest BCUT2D eigenvalue weighted by Gasteiger charge is -2.01. The zero-order valence-electron chi connectivity index (χ0n) is 5.59. The quantitative estimate of drug-likeness (QED) is 0.680. The second-order valence-electron chi connectivity index (χ2n) is 2.01. The number of rotatable bonds is 1. The summed E-state index contributed by atoms with van der Waals surface area (Å²) < 4.78 is 0.876. The van der Waals surface area contributed by atoms with Crippen LogP contribution in [0.3, 0.4) is 0 Å². The Morgan fingerprint density at radius 2 is 2.09 bits per heavy atom. The van der Waals surface area contributed by atoms with E-state index < -0.39 is 5.38 Å². The molecule has 1 unspecified atom stereocenters. The van der Waals surface area contributed by atoms with Gasteiger partial charge in [-0.05, 0) is 11.6 Å². The lowest BCUT2D eigenvalue weighted by Crippen LogP contribution is -1.86. The lowest BCUT2D eigenvalue weighted by atomic mass is 10.2. The predicted octanol–water partition coefficient (Wildman–Crippen LogP) is 3.25. The molecule has 1 aromatic carbocycles. The van der Waals surface area contributed by atoms with Crippen molar-refractivity contribution >= 4 is 27.5 Å². The molecule has 0 spiro atoms. The highest BCUT2D eigenvalue weighted by atomic mass is 79.9. The van der Waals surface area contributed by atoms with E-state index in [1.165, 1.54) is 0 Å². The van der Waals surface area contributed by atoms with E-state index in [0.717, 1.165) is 10.0 Å². The predicted molar refractivity (Wildman–Crippen MR) is 48.3 cm³/mol. The van der Waals surface area contributed by atoms with E-state index in [1.807, 2.05) is 30.3 Å². The fourth-order valence-electron chi connectivity index (χ4n) is 0.750. The van der Waals surface area contributed by atoms with Gasteiger partial charge < -0.3 is 0 Å². The molecule has 0 aliphatic carbocycles. The Balaban J connectivity index is 3.05. The fraction of sp³-hybridized carbons (Fsp3) is 0.125. The van der Waals surface area contributed by atoms with Gasteiger partial charge in [0.25, 0.3) is 0 Å². The van der Waals surface area contributed by atoms with Crippen LogP contribution in [0.5, 0.6) is 0 Å². The molecular formula is C8H5BrClN. The van der Waals surface area contributed by atoms with Gasteiger partial charge in [0.2, 0.25) is 0 Å². The summed E-state index contributed by atoms with van der Waals surface area (Å²) in [6, 6.07) is 9.38. The highest BCUT2D eigenvalue weighted by molar-refractivity contribution is 9.10. The van der Waals surface area contributed by atoms with Crippen LogP contribution in [0.25, 0.3) is 0 Å². The first-order valence-corrected chi connectivity index (χ1v) is 4.26. The number of halogens is 2. The molecule has 0 heterocycles. The van der Waals surface area contributed by atoms with Crippen molar-refractivity contribution in [3.8, 4) is 6.07 Å². The van der Waals surface area contributed by atoms with Crippen LogP contribution in [0.1, 0.15) is 10.9 Å². The Morgan fingerprint density at radius 3 is 2.64 bits per heavy atom. The van der Waals surface area contributed by atoms with Gasteiger partial charge in [-0.3, -0.25) is 0 Å². The number of hydrogen-bond donors (Lipinski definition) is 0. The van der Waals surface area contributed by atoms with Crippen LogP contribution in [0.2, 0.25) is 0 Å². The minimum absolute atomic E-state index is 0.564. The van der Waals surface area contributed by atoms with E-state index in [-0.39, 0.29) is 0 Å². The maximum Gasteiger partial charge on any atom is 0.146 e. The summed E-state index contributed by atoms with van der Waals surface area (Å²) in [7, 11) is 0. The molecule has 0 N–H and O–H groups in total. The first kappa shape index (κ1) is 8.58. The molecule has 0 bridgehead atoms. The molecule has 1 rings (SSSR count). The van der Waals surface area contributed by atoms with Crippen molar-refractivity contribution in [2.24, 2.45) is 0 Å². The van der Waals surface area contributed by atoms with Gasteiger partial charge in [-0.15, -0.1) is 11.6 Å². The Bertz CT molecular complexity index is 292. The summed E-state index contributed by atoms with van der Waals surface area (Å²) in [5, 5.41) is 7.95. The van der Waals surface area contributed by atoms with Crippen molar-refractivity contribution in [3.63, 3.8) is 0 Å². The van der Waals surface area contributed by atoms with Gasteiger partial charge in [-0.1, -0.05) is 34.1 Å². The number of nitriles is 1. The van der Waals surface area contributed by atoms with E-state index in [0.29, 0.717) is 0 Å². The van der Waals surface area contributed by atoms with E-state index in [2.05, 4.69) is 15.9 Å². The summed E-state index contributed by atoms with van der Waals surface area (Å²) >= 11 is 9.01. The Hall–Kier alpha value is -0.520. The molecule has 0 saturated heterocycles. The van der Waals surface area contributed by atoms with E-state index in [9.17, 15) is 0 Å². The summed E-state index contributed by atoms with van der Waals surface area (Å²) in [5.41, 5.74) is 0.816. The van der Waals surface area contributed by atoms with E-state index in [4.69, 9.17) is 16.9 Å². The summed E-state index contributed by atoms with van der Waals surface area (Å²) in [6.45, 7) is 0. The van der Waals surface area contributed by atoms with Crippen LogP contribution < -0.4 is 0 Å². The van der Waals surface area contributed by atoms with E-state index in [1.54, 1.807) is 0 Å². The third-order valence-corrected chi connectivity index (χ3v) is 2.35. The van der Waals surface area contributed by atoms with Crippen molar-refractivity contribution in [3.05, 3.63) is 34.3 Å². The molecular weight excluding hydrogens is 225 g/mol. The van der Waals surface area contributed by atoms with Crippen LogP contribution in [-0.4, -0.2) is 0 Å². The van der Waals surface area contributed by atoms with E-state index >= 15 is 0 Å².